The summed E-state index contributed by atoms with van der Waals surface area (Å²) in [6, 6.07) is 12.7. The predicted molar refractivity (Wildman–Crippen MR) is 86.2 cm³/mol. The van der Waals surface area contributed by atoms with E-state index < -0.39 is 17.9 Å². The van der Waals surface area contributed by atoms with Gasteiger partial charge < -0.3 is 20.0 Å². The molecule has 2 aromatic carbocycles. The van der Waals surface area contributed by atoms with Crippen LogP contribution < -0.4 is 20.5 Å². The highest BCUT2D eigenvalue weighted by Gasteiger charge is 2.22. The Labute approximate surface area is 142 Å². The van der Waals surface area contributed by atoms with Crippen LogP contribution in [-0.2, 0) is 11.4 Å². The number of aromatic carboxylic acids is 1. The molecule has 3 amide bonds. The van der Waals surface area contributed by atoms with Crippen LogP contribution in [0.5, 0.6) is 5.75 Å². The van der Waals surface area contributed by atoms with Crippen LogP contribution >= 0.6 is 0 Å². The lowest BCUT2D eigenvalue weighted by Gasteiger charge is -2.08. The molecule has 1 aliphatic heterocycles. The van der Waals surface area contributed by atoms with Gasteiger partial charge in [-0.25, -0.2) is 4.79 Å². The first-order valence-corrected chi connectivity index (χ1v) is 7.38. The molecule has 0 saturated carbocycles. The maximum absolute atomic E-state index is 11.5. The van der Waals surface area contributed by atoms with Crippen molar-refractivity contribution >= 4 is 24.0 Å². The molecule has 2 aromatic rings. The monoisotopic (exact) mass is 337 g/mol. The fraction of sp³-hybridized carbons (Fsp3) is 0.0556. The van der Waals surface area contributed by atoms with Crippen molar-refractivity contribution < 1.29 is 24.2 Å². The number of hydrogen-bond acceptors (Lipinski definition) is 5. The van der Waals surface area contributed by atoms with Gasteiger partial charge in [-0.3, -0.25) is 10.1 Å². The van der Waals surface area contributed by atoms with Gasteiger partial charge in [0.2, 0.25) is 0 Å². The zero-order chi connectivity index (χ0) is 17.8. The van der Waals surface area contributed by atoms with Crippen molar-refractivity contribution in [3.63, 3.8) is 0 Å². The second-order valence-corrected chi connectivity index (χ2v) is 5.31. The second-order valence-electron chi connectivity index (χ2n) is 5.31. The first-order chi connectivity index (χ1) is 12.0. The van der Waals surface area contributed by atoms with E-state index >= 15 is 0 Å². The number of nitrogens with one attached hydrogen (secondary N) is 2. The number of ether oxygens (including phenoxy) is 1. The third-order valence-electron chi connectivity index (χ3n) is 3.51. The molecule has 0 aliphatic carbocycles. The summed E-state index contributed by atoms with van der Waals surface area (Å²) in [5.41, 5.74) is 1.86. The average molecular weight is 337 g/mol. The van der Waals surface area contributed by atoms with Gasteiger partial charge in [0, 0.05) is 0 Å². The van der Waals surface area contributed by atoms with Crippen molar-refractivity contribution in [3.8, 4) is 5.75 Å². The fourth-order valence-corrected chi connectivity index (χ4v) is 2.21. The predicted octanol–water partition coefficient (Wildman–Crippen LogP) is 0.809. The summed E-state index contributed by atoms with van der Waals surface area (Å²) in [5, 5.41) is 15.2. The van der Waals surface area contributed by atoms with Crippen LogP contribution in [0.2, 0.25) is 0 Å². The first-order valence-electron chi connectivity index (χ1n) is 7.38. The molecular weight excluding hydrogens is 324 g/mol. The molecule has 3 rings (SSSR count). The van der Waals surface area contributed by atoms with Crippen LogP contribution in [0, 0.1) is 0 Å². The number of hydrogen-bond donors (Lipinski definition) is 2. The van der Waals surface area contributed by atoms with Crippen LogP contribution in [0.4, 0.5) is 4.79 Å². The zero-order valence-corrected chi connectivity index (χ0v) is 12.9. The van der Waals surface area contributed by atoms with Crippen molar-refractivity contribution in [1.82, 2.24) is 10.6 Å². The number of carboxylic acids is 1. The van der Waals surface area contributed by atoms with Crippen molar-refractivity contribution in [2.24, 2.45) is 0 Å². The summed E-state index contributed by atoms with van der Waals surface area (Å²) < 4.78 is 5.62. The van der Waals surface area contributed by atoms with Crippen LogP contribution in [-0.4, -0.2) is 17.9 Å². The molecule has 126 valence electrons. The molecule has 1 heterocycles. The largest absolute Gasteiger partial charge is 0.545 e. The summed E-state index contributed by atoms with van der Waals surface area (Å²) in [6.07, 6.45) is 1.56. The summed E-state index contributed by atoms with van der Waals surface area (Å²) in [4.78, 5) is 33.2. The Morgan fingerprint density at radius 2 is 1.68 bits per heavy atom. The Morgan fingerprint density at radius 3 is 2.24 bits per heavy atom. The fourth-order valence-electron chi connectivity index (χ4n) is 2.21. The SMILES string of the molecule is O=C1NC(=O)C(=Cc2ccc(OCc3ccc(C(=O)[O-])cc3)cc2)N1. The second kappa shape index (κ2) is 6.88. The highest BCUT2D eigenvalue weighted by Crippen LogP contribution is 2.16. The molecule has 25 heavy (non-hydrogen) atoms. The van der Waals surface area contributed by atoms with Gasteiger partial charge in [-0.1, -0.05) is 36.4 Å². The summed E-state index contributed by atoms with van der Waals surface area (Å²) in [5.74, 6) is -1.07. The van der Waals surface area contributed by atoms with Crippen LogP contribution in [0.3, 0.4) is 0 Å². The van der Waals surface area contributed by atoms with Gasteiger partial charge in [0.05, 0.1) is 5.97 Å². The molecule has 0 unspecified atom stereocenters. The summed E-state index contributed by atoms with van der Waals surface area (Å²) >= 11 is 0. The van der Waals surface area contributed by atoms with Gasteiger partial charge in [-0.2, -0.15) is 0 Å². The van der Waals surface area contributed by atoms with E-state index in [-0.39, 0.29) is 17.9 Å². The average Bonchev–Trinajstić information content (AvgIpc) is 2.92. The van der Waals surface area contributed by atoms with Crippen molar-refractivity contribution in [1.29, 1.82) is 0 Å². The summed E-state index contributed by atoms with van der Waals surface area (Å²) in [7, 11) is 0. The Morgan fingerprint density at radius 1 is 1.00 bits per heavy atom. The smallest absolute Gasteiger partial charge is 0.326 e. The van der Waals surface area contributed by atoms with Gasteiger partial charge in [0.25, 0.3) is 5.91 Å². The van der Waals surface area contributed by atoms with Crippen molar-refractivity contribution in [3.05, 3.63) is 70.9 Å². The molecule has 2 N–H and O–H groups in total. The van der Waals surface area contributed by atoms with Gasteiger partial charge in [-0.15, -0.1) is 0 Å². The van der Waals surface area contributed by atoms with E-state index in [2.05, 4.69) is 10.6 Å². The Hall–Kier alpha value is -3.61. The molecule has 0 radical (unpaired) electrons. The van der Waals surface area contributed by atoms with Crippen LogP contribution in [0.25, 0.3) is 6.08 Å². The van der Waals surface area contributed by atoms with E-state index in [1.165, 1.54) is 12.1 Å². The van der Waals surface area contributed by atoms with Gasteiger partial charge in [0.1, 0.15) is 18.1 Å². The number of imide groups is 1. The highest BCUT2D eigenvalue weighted by molar-refractivity contribution is 6.13. The molecule has 0 atom stereocenters. The van der Waals surface area contributed by atoms with E-state index in [1.807, 2.05) is 0 Å². The zero-order valence-electron chi connectivity index (χ0n) is 12.9. The quantitative estimate of drug-likeness (QED) is 0.620. The van der Waals surface area contributed by atoms with Gasteiger partial charge in [-0.05, 0) is 34.9 Å². The molecular formula is C18H13N2O5-. The number of benzene rings is 2. The maximum atomic E-state index is 11.5. The van der Waals surface area contributed by atoms with E-state index in [4.69, 9.17) is 4.74 Å². The number of rotatable bonds is 5. The van der Waals surface area contributed by atoms with E-state index in [1.54, 1.807) is 42.5 Å². The minimum absolute atomic E-state index is 0.115. The molecule has 1 fully saturated rings. The van der Waals surface area contributed by atoms with Gasteiger partial charge >= 0.3 is 6.03 Å². The van der Waals surface area contributed by atoms with Gasteiger partial charge in [0.15, 0.2) is 0 Å². The Balaban J connectivity index is 1.61. The minimum atomic E-state index is -1.22. The van der Waals surface area contributed by atoms with E-state index in [9.17, 15) is 19.5 Å². The lowest BCUT2D eigenvalue weighted by Crippen LogP contribution is -2.22. The number of amides is 3. The third kappa shape index (κ3) is 4.03. The topological polar surface area (TPSA) is 108 Å². The van der Waals surface area contributed by atoms with E-state index in [0.717, 1.165) is 11.1 Å². The maximum Gasteiger partial charge on any atom is 0.326 e. The van der Waals surface area contributed by atoms with Crippen molar-refractivity contribution in [2.45, 2.75) is 6.61 Å². The Kier molecular flexibility index (Phi) is 4.47. The molecule has 1 saturated heterocycles. The van der Waals surface area contributed by atoms with E-state index in [0.29, 0.717) is 5.75 Å². The molecule has 1 aliphatic rings. The third-order valence-corrected chi connectivity index (χ3v) is 3.51. The summed E-state index contributed by atoms with van der Waals surface area (Å²) in [6.45, 7) is 0.284. The molecule has 0 aromatic heterocycles. The van der Waals surface area contributed by atoms with Crippen LogP contribution in [0.1, 0.15) is 21.5 Å². The molecule has 7 nitrogen and oxygen atoms in total. The number of carbonyl (C=O) groups excluding carboxylic acids is 3. The lowest BCUT2D eigenvalue weighted by atomic mass is 10.1. The molecule has 0 spiro atoms. The highest BCUT2D eigenvalue weighted by atomic mass is 16.5. The number of carboxylic acid groups (broad SMARTS) is 1. The minimum Gasteiger partial charge on any atom is -0.545 e. The normalized spacial score (nSPS) is 15.0. The van der Waals surface area contributed by atoms with Crippen molar-refractivity contribution in [2.75, 3.05) is 0 Å². The number of carbonyl (C=O) groups is 3. The first kappa shape index (κ1) is 16.3. The van der Waals surface area contributed by atoms with Crippen LogP contribution in [0.15, 0.2) is 54.2 Å². The Bertz CT molecular complexity index is 854. The molecule has 7 heteroatoms. The number of urea groups is 1. The standard InChI is InChI=1S/C18H14N2O5/c21-16-15(19-18(24)20-16)9-11-3-7-14(8-4-11)25-10-12-1-5-13(6-2-12)17(22)23/h1-9H,10H2,(H,22,23)(H2,19,20,21,24)/p-1. The lowest BCUT2D eigenvalue weighted by molar-refractivity contribution is -0.255. The molecule has 0 bridgehead atoms.